The van der Waals surface area contributed by atoms with E-state index >= 15 is 0 Å². The number of methoxy groups -OCH3 is 1. The third kappa shape index (κ3) is 3.95. The van der Waals surface area contributed by atoms with Crippen molar-refractivity contribution in [2.24, 2.45) is 0 Å². The van der Waals surface area contributed by atoms with Crippen molar-refractivity contribution in [3.05, 3.63) is 16.1 Å². The van der Waals surface area contributed by atoms with Crippen LogP contribution in [0.25, 0.3) is 0 Å². The van der Waals surface area contributed by atoms with Gasteiger partial charge in [-0.3, -0.25) is 4.79 Å². The number of nitrogens with zero attached hydrogens (tertiary/aromatic N) is 1. The second-order valence-electron chi connectivity index (χ2n) is 2.95. The highest BCUT2D eigenvalue weighted by atomic mass is 32.1. The van der Waals surface area contributed by atoms with Crippen LogP contribution in [0.2, 0.25) is 0 Å². The second-order valence-corrected chi connectivity index (χ2v) is 3.89. The van der Waals surface area contributed by atoms with Gasteiger partial charge in [0.05, 0.1) is 13.2 Å². The van der Waals surface area contributed by atoms with Crippen molar-refractivity contribution in [1.82, 2.24) is 10.3 Å². The van der Waals surface area contributed by atoms with Gasteiger partial charge in [-0.15, -0.1) is 11.3 Å². The quantitative estimate of drug-likeness (QED) is 0.760. The van der Waals surface area contributed by atoms with Crippen LogP contribution >= 0.6 is 11.3 Å². The van der Waals surface area contributed by atoms with E-state index in [1.54, 1.807) is 0 Å². The van der Waals surface area contributed by atoms with Crippen molar-refractivity contribution < 1.29 is 19.4 Å². The molecule has 0 aromatic carbocycles. The summed E-state index contributed by atoms with van der Waals surface area (Å²) in [6, 6.07) is 0. The average Bonchev–Trinajstić information content (AvgIpc) is 2.72. The lowest BCUT2D eigenvalue weighted by atomic mass is 10.4. The van der Waals surface area contributed by atoms with Gasteiger partial charge in [0.25, 0.3) is 0 Å². The number of amides is 1. The van der Waals surface area contributed by atoms with Crippen molar-refractivity contribution in [2.75, 3.05) is 13.7 Å². The summed E-state index contributed by atoms with van der Waals surface area (Å²) in [5.41, 5.74) is 0.00569. The Balaban J connectivity index is 2.36. The first kappa shape index (κ1) is 12.6. The minimum atomic E-state index is -1.06. The highest BCUT2D eigenvalue weighted by Crippen LogP contribution is 2.09. The van der Waals surface area contributed by atoms with Gasteiger partial charge >= 0.3 is 5.97 Å². The Morgan fingerprint density at radius 2 is 2.38 bits per heavy atom. The highest BCUT2D eigenvalue weighted by Gasteiger charge is 2.09. The first-order valence-corrected chi connectivity index (χ1v) is 5.44. The molecule has 0 aliphatic carbocycles. The van der Waals surface area contributed by atoms with Gasteiger partial charge in [-0.25, -0.2) is 9.78 Å². The Morgan fingerprint density at radius 3 is 2.94 bits per heavy atom. The number of ether oxygens (including phenoxy) is 1. The Kier molecular flexibility index (Phi) is 4.87. The standard InChI is InChI=1S/C9H12N2O4S/c1-15-3-2-7(12)10-4-8-11-6(5-16-8)9(13)14/h5H,2-4H2,1H3,(H,10,12)(H,13,14). The lowest BCUT2D eigenvalue weighted by molar-refractivity contribution is -0.122. The Labute approximate surface area is 96.3 Å². The molecule has 0 bridgehead atoms. The zero-order valence-corrected chi connectivity index (χ0v) is 9.54. The molecule has 1 aromatic heterocycles. The zero-order chi connectivity index (χ0) is 12.0. The molecule has 7 heteroatoms. The summed E-state index contributed by atoms with van der Waals surface area (Å²) < 4.78 is 4.75. The molecule has 88 valence electrons. The number of hydrogen-bond donors (Lipinski definition) is 2. The first-order chi connectivity index (χ1) is 7.63. The van der Waals surface area contributed by atoms with Crippen molar-refractivity contribution in [3.8, 4) is 0 Å². The molecule has 2 N–H and O–H groups in total. The van der Waals surface area contributed by atoms with E-state index in [2.05, 4.69) is 10.3 Å². The monoisotopic (exact) mass is 244 g/mol. The lowest BCUT2D eigenvalue weighted by Crippen LogP contribution is -2.23. The van der Waals surface area contributed by atoms with Crippen LogP contribution in [0.3, 0.4) is 0 Å². The maximum Gasteiger partial charge on any atom is 0.355 e. The first-order valence-electron chi connectivity index (χ1n) is 4.57. The molecule has 16 heavy (non-hydrogen) atoms. The fourth-order valence-corrected chi connectivity index (χ4v) is 1.66. The van der Waals surface area contributed by atoms with E-state index in [0.717, 1.165) is 0 Å². The normalized spacial score (nSPS) is 10.1. The number of carbonyl (C=O) groups excluding carboxylic acids is 1. The molecular weight excluding hydrogens is 232 g/mol. The highest BCUT2D eigenvalue weighted by molar-refractivity contribution is 7.09. The van der Waals surface area contributed by atoms with Crippen molar-refractivity contribution in [1.29, 1.82) is 0 Å². The van der Waals surface area contributed by atoms with Crippen LogP contribution in [0.4, 0.5) is 0 Å². The van der Waals surface area contributed by atoms with Gasteiger partial charge in [0, 0.05) is 18.9 Å². The van der Waals surface area contributed by atoms with Gasteiger partial charge in [0.1, 0.15) is 5.01 Å². The third-order valence-electron chi connectivity index (χ3n) is 1.74. The van der Waals surface area contributed by atoms with Crippen LogP contribution in [0.1, 0.15) is 21.9 Å². The molecule has 0 saturated heterocycles. The Bertz CT molecular complexity index is 377. The summed E-state index contributed by atoms with van der Waals surface area (Å²) in [5.74, 6) is -1.21. The second kappa shape index (κ2) is 6.19. The minimum Gasteiger partial charge on any atom is -0.476 e. The van der Waals surface area contributed by atoms with Gasteiger partial charge in [0.2, 0.25) is 5.91 Å². The van der Waals surface area contributed by atoms with Crippen molar-refractivity contribution in [2.45, 2.75) is 13.0 Å². The number of carbonyl (C=O) groups is 2. The fraction of sp³-hybridized carbons (Fsp3) is 0.444. The summed E-state index contributed by atoms with van der Waals surface area (Å²) in [4.78, 5) is 25.6. The maximum atomic E-state index is 11.2. The average molecular weight is 244 g/mol. The molecule has 0 radical (unpaired) electrons. The minimum absolute atomic E-state index is 0.00569. The molecule has 1 aromatic rings. The number of aromatic nitrogens is 1. The molecule has 1 rings (SSSR count). The number of nitrogens with one attached hydrogen (secondary N) is 1. The predicted octanol–water partition coefficient (Wildman–Crippen LogP) is 0.494. The topological polar surface area (TPSA) is 88.5 Å². The van der Waals surface area contributed by atoms with E-state index in [1.807, 2.05) is 0 Å². The van der Waals surface area contributed by atoms with E-state index in [-0.39, 0.29) is 24.6 Å². The zero-order valence-electron chi connectivity index (χ0n) is 8.73. The van der Waals surface area contributed by atoms with Crippen LogP contribution in [-0.2, 0) is 16.1 Å². The number of carboxylic acid groups (broad SMARTS) is 1. The Hall–Kier alpha value is -1.47. The van der Waals surface area contributed by atoms with Gasteiger partial charge in [0.15, 0.2) is 5.69 Å². The van der Waals surface area contributed by atoms with Crippen LogP contribution in [0.15, 0.2) is 5.38 Å². The molecule has 0 aliphatic rings. The summed E-state index contributed by atoms with van der Waals surface area (Å²) in [6.45, 7) is 0.616. The van der Waals surface area contributed by atoms with Crippen LogP contribution in [0, 0.1) is 0 Å². The van der Waals surface area contributed by atoms with Crippen molar-refractivity contribution >= 4 is 23.2 Å². The SMILES string of the molecule is COCCC(=O)NCc1nc(C(=O)O)cs1. The van der Waals surface area contributed by atoms with E-state index in [4.69, 9.17) is 9.84 Å². The number of rotatable bonds is 6. The number of thiazole rings is 1. The van der Waals surface area contributed by atoms with Gasteiger partial charge < -0.3 is 15.2 Å². The molecule has 1 heterocycles. The van der Waals surface area contributed by atoms with Gasteiger partial charge in [-0.05, 0) is 0 Å². The lowest BCUT2D eigenvalue weighted by Gasteiger charge is -2.01. The molecule has 0 fully saturated rings. The smallest absolute Gasteiger partial charge is 0.355 e. The summed E-state index contributed by atoms with van der Waals surface area (Å²) >= 11 is 1.21. The number of hydrogen-bond acceptors (Lipinski definition) is 5. The molecule has 6 nitrogen and oxygen atoms in total. The molecule has 1 amide bonds. The molecule has 0 aliphatic heterocycles. The van der Waals surface area contributed by atoms with E-state index in [0.29, 0.717) is 11.6 Å². The van der Waals surface area contributed by atoms with E-state index in [9.17, 15) is 9.59 Å². The molecule has 0 saturated carbocycles. The number of aromatic carboxylic acids is 1. The summed E-state index contributed by atoms with van der Waals surface area (Å²) in [6.07, 6.45) is 0.285. The van der Waals surface area contributed by atoms with Crippen LogP contribution in [-0.4, -0.2) is 35.7 Å². The number of carboxylic acids is 1. The van der Waals surface area contributed by atoms with E-state index in [1.165, 1.54) is 23.8 Å². The van der Waals surface area contributed by atoms with Crippen LogP contribution in [0.5, 0.6) is 0 Å². The van der Waals surface area contributed by atoms with E-state index < -0.39 is 5.97 Å². The fourth-order valence-electron chi connectivity index (χ4n) is 0.948. The summed E-state index contributed by atoms with van der Waals surface area (Å²) in [7, 11) is 1.52. The Morgan fingerprint density at radius 1 is 1.62 bits per heavy atom. The summed E-state index contributed by atoms with van der Waals surface area (Å²) in [5, 5.41) is 13.3. The largest absolute Gasteiger partial charge is 0.476 e. The predicted molar refractivity (Wildman–Crippen MR) is 57.4 cm³/mol. The molecule has 0 atom stereocenters. The van der Waals surface area contributed by atoms with Crippen molar-refractivity contribution in [3.63, 3.8) is 0 Å². The van der Waals surface area contributed by atoms with Gasteiger partial charge in [-0.2, -0.15) is 0 Å². The molecular formula is C9H12N2O4S. The molecule has 0 unspecified atom stereocenters. The maximum absolute atomic E-state index is 11.2. The third-order valence-corrected chi connectivity index (χ3v) is 2.59. The van der Waals surface area contributed by atoms with Gasteiger partial charge in [-0.1, -0.05) is 0 Å². The van der Waals surface area contributed by atoms with Crippen LogP contribution < -0.4 is 5.32 Å². The molecule has 0 spiro atoms.